The van der Waals surface area contributed by atoms with E-state index in [1.54, 1.807) is 17.1 Å². The van der Waals surface area contributed by atoms with Crippen molar-refractivity contribution in [2.24, 2.45) is 0 Å². The molecule has 0 aliphatic heterocycles. The standard InChI is InChI=1S/C19H15N7/c1-12-7-10-26(25-12)19-15-5-4-14(11-13(15)6-9-21-19)22-18-17-16(23-24-18)3-2-8-20-17/h2-11H,1H3,(H2,22,23,24). The molecule has 0 saturated heterocycles. The summed E-state index contributed by atoms with van der Waals surface area (Å²) in [6, 6.07) is 13.9. The molecule has 0 aliphatic carbocycles. The first kappa shape index (κ1) is 14.6. The van der Waals surface area contributed by atoms with E-state index in [-0.39, 0.29) is 0 Å². The topological polar surface area (TPSA) is 84.3 Å². The maximum absolute atomic E-state index is 4.49. The molecule has 126 valence electrons. The highest BCUT2D eigenvalue weighted by Gasteiger charge is 2.09. The number of H-pyrrole nitrogens is 1. The molecule has 2 N–H and O–H groups in total. The first-order valence-electron chi connectivity index (χ1n) is 8.25. The van der Waals surface area contributed by atoms with Crippen LogP contribution in [0.3, 0.4) is 0 Å². The average Bonchev–Trinajstić information content (AvgIpc) is 3.28. The van der Waals surface area contributed by atoms with Crippen molar-refractivity contribution in [2.45, 2.75) is 6.92 Å². The van der Waals surface area contributed by atoms with Gasteiger partial charge in [-0.3, -0.25) is 10.1 Å². The molecule has 0 atom stereocenters. The molecule has 0 fully saturated rings. The fraction of sp³-hybridized carbons (Fsp3) is 0.0526. The number of aryl methyl sites for hydroxylation is 1. The first-order chi connectivity index (χ1) is 12.8. The Morgan fingerprint density at radius 3 is 2.88 bits per heavy atom. The third-order valence-electron chi connectivity index (χ3n) is 4.27. The molecule has 7 heteroatoms. The van der Waals surface area contributed by atoms with Crippen LogP contribution in [0.25, 0.3) is 27.6 Å². The van der Waals surface area contributed by atoms with Gasteiger partial charge < -0.3 is 5.32 Å². The lowest BCUT2D eigenvalue weighted by molar-refractivity contribution is 0.841. The van der Waals surface area contributed by atoms with Crippen molar-refractivity contribution in [1.82, 2.24) is 29.9 Å². The minimum absolute atomic E-state index is 0.705. The van der Waals surface area contributed by atoms with E-state index in [0.29, 0.717) is 5.82 Å². The molecular weight excluding hydrogens is 326 g/mol. The highest BCUT2D eigenvalue weighted by Crippen LogP contribution is 2.27. The molecule has 7 nitrogen and oxygen atoms in total. The summed E-state index contributed by atoms with van der Waals surface area (Å²) in [6.45, 7) is 1.96. The predicted molar refractivity (Wildman–Crippen MR) is 101 cm³/mol. The summed E-state index contributed by atoms with van der Waals surface area (Å²) in [4.78, 5) is 8.87. The molecule has 4 heterocycles. The van der Waals surface area contributed by atoms with Crippen molar-refractivity contribution >= 4 is 33.3 Å². The van der Waals surface area contributed by atoms with Crippen molar-refractivity contribution in [3.8, 4) is 5.82 Å². The number of nitrogens with zero attached hydrogens (tertiary/aromatic N) is 5. The van der Waals surface area contributed by atoms with E-state index in [1.807, 2.05) is 49.5 Å². The number of fused-ring (bicyclic) bond motifs is 2. The fourth-order valence-corrected chi connectivity index (χ4v) is 3.03. The van der Waals surface area contributed by atoms with E-state index in [9.17, 15) is 0 Å². The number of nitrogens with one attached hydrogen (secondary N) is 2. The van der Waals surface area contributed by atoms with Crippen LogP contribution in [-0.2, 0) is 0 Å². The van der Waals surface area contributed by atoms with Crippen molar-refractivity contribution in [2.75, 3.05) is 5.32 Å². The van der Waals surface area contributed by atoms with Gasteiger partial charge in [0.2, 0.25) is 0 Å². The van der Waals surface area contributed by atoms with Crippen LogP contribution in [-0.4, -0.2) is 29.9 Å². The smallest absolute Gasteiger partial charge is 0.178 e. The molecule has 0 aliphatic rings. The van der Waals surface area contributed by atoms with Crippen LogP contribution in [0.1, 0.15) is 5.69 Å². The van der Waals surface area contributed by atoms with Gasteiger partial charge in [-0.2, -0.15) is 10.2 Å². The third kappa shape index (κ3) is 2.37. The summed E-state index contributed by atoms with van der Waals surface area (Å²) >= 11 is 0. The largest absolute Gasteiger partial charge is 0.337 e. The normalized spacial score (nSPS) is 11.3. The van der Waals surface area contributed by atoms with Gasteiger partial charge in [-0.05, 0) is 54.8 Å². The van der Waals surface area contributed by atoms with Gasteiger partial charge in [-0.1, -0.05) is 0 Å². The molecule has 0 spiro atoms. The maximum atomic E-state index is 4.49. The molecule has 5 aromatic rings. The van der Waals surface area contributed by atoms with Gasteiger partial charge in [0, 0.05) is 29.7 Å². The zero-order chi connectivity index (χ0) is 17.5. The van der Waals surface area contributed by atoms with Gasteiger partial charge >= 0.3 is 0 Å². The van der Waals surface area contributed by atoms with Gasteiger partial charge in [-0.25, -0.2) is 9.67 Å². The molecule has 4 aromatic heterocycles. The van der Waals surface area contributed by atoms with Crippen molar-refractivity contribution in [3.63, 3.8) is 0 Å². The highest BCUT2D eigenvalue weighted by molar-refractivity contribution is 5.93. The van der Waals surface area contributed by atoms with E-state index in [0.717, 1.165) is 39.0 Å². The number of hydrogen-bond acceptors (Lipinski definition) is 5. The van der Waals surface area contributed by atoms with Crippen molar-refractivity contribution in [3.05, 3.63) is 66.7 Å². The Morgan fingerprint density at radius 1 is 1.04 bits per heavy atom. The second-order valence-electron chi connectivity index (χ2n) is 6.07. The second-order valence-corrected chi connectivity index (χ2v) is 6.07. The van der Waals surface area contributed by atoms with Gasteiger partial charge in [0.25, 0.3) is 0 Å². The number of hydrogen-bond donors (Lipinski definition) is 2. The monoisotopic (exact) mass is 341 g/mol. The Bertz CT molecular complexity index is 1240. The summed E-state index contributed by atoms with van der Waals surface area (Å²) in [6.07, 6.45) is 5.47. The lowest BCUT2D eigenvalue weighted by Gasteiger charge is -2.08. The minimum Gasteiger partial charge on any atom is -0.337 e. The third-order valence-corrected chi connectivity index (χ3v) is 4.27. The average molecular weight is 341 g/mol. The fourth-order valence-electron chi connectivity index (χ4n) is 3.03. The zero-order valence-electron chi connectivity index (χ0n) is 14.0. The van der Waals surface area contributed by atoms with Gasteiger partial charge in [-0.15, -0.1) is 0 Å². The summed E-state index contributed by atoms with van der Waals surface area (Å²) in [5.74, 6) is 1.52. The van der Waals surface area contributed by atoms with Crippen LogP contribution in [0.2, 0.25) is 0 Å². The SMILES string of the molecule is Cc1ccn(-c2nccc3cc(Nc4n[nH]c5cccnc45)ccc23)n1. The van der Waals surface area contributed by atoms with Gasteiger partial charge in [0.05, 0.1) is 11.2 Å². The van der Waals surface area contributed by atoms with Crippen LogP contribution >= 0.6 is 0 Å². The number of aromatic nitrogens is 6. The van der Waals surface area contributed by atoms with Crippen LogP contribution in [0.4, 0.5) is 11.5 Å². The van der Waals surface area contributed by atoms with E-state index < -0.39 is 0 Å². The summed E-state index contributed by atoms with van der Waals surface area (Å²) in [5, 5.41) is 17.2. The number of anilines is 2. The molecule has 26 heavy (non-hydrogen) atoms. The van der Waals surface area contributed by atoms with Crippen LogP contribution in [0, 0.1) is 6.92 Å². The minimum atomic E-state index is 0.705. The molecule has 5 rings (SSSR count). The number of rotatable bonds is 3. The van der Waals surface area contributed by atoms with Crippen molar-refractivity contribution < 1.29 is 0 Å². The Morgan fingerprint density at radius 2 is 2.00 bits per heavy atom. The molecule has 0 radical (unpaired) electrons. The first-order valence-corrected chi connectivity index (χ1v) is 8.25. The lowest BCUT2D eigenvalue weighted by atomic mass is 10.1. The van der Waals surface area contributed by atoms with Crippen LogP contribution in [0.15, 0.2) is 61.1 Å². The summed E-state index contributed by atoms with van der Waals surface area (Å²) in [5.41, 5.74) is 3.61. The van der Waals surface area contributed by atoms with Gasteiger partial charge in [0.1, 0.15) is 5.52 Å². The molecule has 0 bridgehead atoms. The lowest BCUT2D eigenvalue weighted by Crippen LogP contribution is -2.00. The van der Waals surface area contributed by atoms with E-state index >= 15 is 0 Å². The predicted octanol–water partition coefficient (Wildman–Crippen LogP) is 3.74. The second kappa shape index (κ2) is 5.66. The molecule has 0 amide bonds. The van der Waals surface area contributed by atoms with Crippen LogP contribution < -0.4 is 5.32 Å². The van der Waals surface area contributed by atoms with Gasteiger partial charge in [0.15, 0.2) is 11.6 Å². The Kier molecular flexibility index (Phi) is 3.18. The Balaban J connectivity index is 1.56. The Hall–Kier alpha value is -3.74. The number of aromatic amines is 1. The quantitative estimate of drug-likeness (QED) is 0.522. The molecule has 0 saturated carbocycles. The van der Waals surface area contributed by atoms with E-state index in [4.69, 9.17) is 0 Å². The summed E-state index contributed by atoms with van der Waals surface area (Å²) < 4.78 is 1.80. The van der Waals surface area contributed by atoms with E-state index in [2.05, 4.69) is 36.6 Å². The highest BCUT2D eigenvalue weighted by atomic mass is 15.3. The van der Waals surface area contributed by atoms with E-state index in [1.165, 1.54) is 0 Å². The molecule has 1 aromatic carbocycles. The number of pyridine rings is 2. The maximum Gasteiger partial charge on any atom is 0.178 e. The Labute approximate surface area is 148 Å². The van der Waals surface area contributed by atoms with Crippen LogP contribution in [0.5, 0.6) is 0 Å². The molecule has 0 unspecified atom stereocenters. The summed E-state index contributed by atoms with van der Waals surface area (Å²) in [7, 11) is 0. The van der Waals surface area contributed by atoms with Crippen molar-refractivity contribution in [1.29, 1.82) is 0 Å². The number of benzene rings is 1. The zero-order valence-corrected chi connectivity index (χ0v) is 14.0. The molecular formula is C19H15N7.